The summed E-state index contributed by atoms with van der Waals surface area (Å²) in [5.41, 5.74) is 4.09. The number of hydrogen-bond donors (Lipinski definition) is 2. The summed E-state index contributed by atoms with van der Waals surface area (Å²) in [6, 6.07) is 9.71. The van der Waals surface area contributed by atoms with Crippen LogP contribution in [-0.2, 0) is 9.59 Å². The van der Waals surface area contributed by atoms with Crippen molar-refractivity contribution in [1.82, 2.24) is 10.4 Å². The van der Waals surface area contributed by atoms with Gasteiger partial charge in [0.05, 0.1) is 17.4 Å². The average molecular weight is 482 g/mol. The van der Waals surface area contributed by atoms with Gasteiger partial charge in [0.15, 0.2) is 0 Å². The van der Waals surface area contributed by atoms with Gasteiger partial charge in [-0.05, 0) is 38.1 Å². The minimum Gasteiger partial charge on any atom is -0.493 e. The topological polar surface area (TPSA) is 87.7 Å². The van der Waals surface area contributed by atoms with Gasteiger partial charge in [-0.3, -0.25) is 19.8 Å². The molecule has 2 aromatic carbocycles. The lowest BCUT2D eigenvalue weighted by Crippen LogP contribution is -2.45. The van der Waals surface area contributed by atoms with Crippen molar-refractivity contribution in [3.05, 3.63) is 57.6 Å². The Balaban J connectivity index is 1.89. The molecule has 1 saturated heterocycles. The number of hydrazine groups is 1. The van der Waals surface area contributed by atoms with Gasteiger partial charge in [0, 0.05) is 34.3 Å². The molecule has 164 valence electrons. The predicted molar refractivity (Wildman–Crippen MR) is 122 cm³/mol. The molecule has 10 heteroatoms. The summed E-state index contributed by atoms with van der Waals surface area (Å²) >= 11 is 13.7. The number of carbonyl (C=O) groups is 3. The predicted octanol–water partition coefficient (Wildman–Crippen LogP) is 4.66. The van der Waals surface area contributed by atoms with Crippen molar-refractivity contribution in [2.24, 2.45) is 0 Å². The summed E-state index contributed by atoms with van der Waals surface area (Å²) in [4.78, 5) is 37.1. The molecule has 0 spiro atoms. The van der Waals surface area contributed by atoms with E-state index in [1.165, 1.54) is 29.8 Å². The molecule has 2 atom stereocenters. The third kappa shape index (κ3) is 5.26. The van der Waals surface area contributed by atoms with Crippen LogP contribution in [0.1, 0.15) is 42.1 Å². The lowest BCUT2D eigenvalue weighted by atomic mass is 10.1. The first-order chi connectivity index (χ1) is 14.7. The van der Waals surface area contributed by atoms with Gasteiger partial charge < -0.3 is 10.1 Å². The maximum absolute atomic E-state index is 13.1. The van der Waals surface area contributed by atoms with Crippen molar-refractivity contribution in [1.29, 1.82) is 0 Å². The summed E-state index contributed by atoms with van der Waals surface area (Å²) in [6.07, 6.45) is 0. The Morgan fingerprint density at radius 1 is 1.19 bits per heavy atom. The molecule has 0 radical (unpaired) electrons. The summed E-state index contributed by atoms with van der Waals surface area (Å²) in [5.74, 6) is -0.714. The number of rotatable bonds is 6. The van der Waals surface area contributed by atoms with Crippen LogP contribution < -0.4 is 15.5 Å². The van der Waals surface area contributed by atoms with Gasteiger partial charge in [-0.15, -0.1) is 11.8 Å². The molecule has 1 aliphatic rings. The second-order valence-corrected chi connectivity index (χ2v) is 9.04. The first kappa shape index (κ1) is 23.2. The maximum Gasteiger partial charge on any atom is 0.273 e. The largest absolute Gasteiger partial charge is 0.493 e. The van der Waals surface area contributed by atoms with Crippen LogP contribution in [0.15, 0.2) is 36.4 Å². The number of ether oxygens (including phenoxy) is 1. The quantitative estimate of drug-likeness (QED) is 0.626. The van der Waals surface area contributed by atoms with Crippen molar-refractivity contribution in [2.75, 3.05) is 11.9 Å². The van der Waals surface area contributed by atoms with Crippen LogP contribution in [0.4, 0.5) is 5.69 Å². The molecular formula is C21H21Cl2N3O4S. The highest BCUT2D eigenvalue weighted by Gasteiger charge is 2.41. The fourth-order valence-corrected chi connectivity index (χ4v) is 4.91. The highest BCUT2D eigenvalue weighted by atomic mass is 35.5. The van der Waals surface area contributed by atoms with E-state index in [0.717, 1.165) is 0 Å². The highest BCUT2D eigenvalue weighted by Crippen LogP contribution is 2.44. The average Bonchev–Trinajstić information content (AvgIpc) is 2.96. The van der Waals surface area contributed by atoms with Crippen molar-refractivity contribution in [3.63, 3.8) is 0 Å². The fourth-order valence-electron chi connectivity index (χ4n) is 3.09. The third-order valence-electron chi connectivity index (χ3n) is 4.45. The SMILES string of the molecule is CCOc1cc(NC(C)=O)ccc1C(=O)NN1C(=O)C(C)SC1c1ccc(Cl)cc1Cl. The molecule has 1 fully saturated rings. The molecule has 0 aromatic heterocycles. The van der Waals surface area contributed by atoms with Gasteiger partial charge in [-0.1, -0.05) is 29.3 Å². The lowest BCUT2D eigenvalue weighted by molar-refractivity contribution is -0.132. The van der Waals surface area contributed by atoms with Crippen molar-refractivity contribution in [2.45, 2.75) is 31.4 Å². The molecular weight excluding hydrogens is 461 g/mol. The van der Waals surface area contributed by atoms with Crippen molar-refractivity contribution < 1.29 is 19.1 Å². The monoisotopic (exact) mass is 481 g/mol. The van der Waals surface area contributed by atoms with Gasteiger partial charge in [0.1, 0.15) is 11.1 Å². The molecule has 0 aliphatic carbocycles. The van der Waals surface area contributed by atoms with Gasteiger partial charge >= 0.3 is 0 Å². The molecule has 2 N–H and O–H groups in total. The van der Waals surface area contributed by atoms with E-state index in [0.29, 0.717) is 33.7 Å². The number of benzene rings is 2. The smallest absolute Gasteiger partial charge is 0.273 e. The standard InChI is InChI=1S/C21H21Cl2N3O4S/c1-4-30-18-10-14(24-12(3)27)6-8-16(18)19(28)25-26-20(29)11(2)31-21(26)15-7-5-13(22)9-17(15)23/h5-11,21H,4H2,1-3H3,(H,24,27)(H,25,28). The van der Waals surface area contributed by atoms with E-state index >= 15 is 0 Å². The van der Waals surface area contributed by atoms with Crippen LogP contribution in [0.25, 0.3) is 0 Å². The molecule has 0 saturated carbocycles. The fraction of sp³-hybridized carbons (Fsp3) is 0.286. The van der Waals surface area contributed by atoms with Gasteiger partial charge in [-0.25, -0.2) is 5.01 Å². The number of hydrogen-bond acceptors (Lipinski definition) is 5. The molecule has 2 unspecified atom stereocenters. The van der Waals surface area contributed by atoms with Crippen LogP contribution in [0.5, 0.6) is 5.75 Å². The Morgan fingerprint density at radius 3 is 2.58 bits per heavy atom. The Kier molecular flexibility index (Phi) is 7.35. The number of anilines is 1. The zero-order chi connectivity index (χ0) is 22.7. The van der Waals surface area contributed by atoms with Gasteiger partial charge in [0.25, 0.3) is 11.8 Å². The molecule has 2 aromatic rings. The minimum atomic E-state index is -0.518. The molecule has 1 aliphatic heterocycles. The number of carbonyl (C=O) groups excluding carboxylic acids is 3. The maximum atomic E-state index is 13.1. The number of nitrogens with one attached hydrogen (secondary N) is 2. The van der Waals surface area contributed by atoms with E-state index in [2.05, 4.69) is 10.7 Å². The number of halogens is 2. The normalized spacial score (nSPS) is 18.1. The van der Waals surface area contributed by atoms with E-state index < -0.39 is 11.3 Å². The van der Waals surface area contributed by atoms with E-state index in [9.17, 15) is 14.4 Å². The van der Waals surface area contributed by atoms with E-state index in [1.807, 2.05) is 0 Å². The first-order valence-electron chi connectivity index (χ1n) is 9.50. The molecule has 0 bridgehead atoms. The summed E-state index contributed by atoms with van der Waals surface area (Å²) < 4.78 is 5.58. The van der Waals surface area contributed by atoms with Crippen LogP contribution >= 0.6 is 35.0 Å². The summed E-state index contributed by atoms with van der Waals surface area (Å²) in [7, 11) is 0. The van der Waals surface area contributed by atoms with Gasteiger partial charge in [-0.2, -0.15) is 0 Å². The Morgan fingerprint density at radius 2 is 1.94 bits per heavy atom. The summed E-state index contributed by atoms with van der Waals surface area (Å²) in [5, 5.41) is 3.94. The number of nitrogens with zero attached hydrogens (tertiary/aromatic N) is 1. The minimum absolute atomic E-state index is 0.231. The first-order valence-corrected chi connectivity index (χ1v) is 11.2. The second-order valence-electron chi connectivity index (χ2n) is 6.77. The van der Waals surface area contributed by atoms with Crippen LogP contribution in [0.3, 0.4) is 0 Å². The molecule has 31 heavy (non-hydrogen) atoms. The number of amides is 3. The van der Waals surface area contributed by atoms with Crippen LogP contribution in [0.2, 0.25) is 10.0 Å². The molecule has 3 amide bonds. The Hall–Kier alpha value is -2.42. The Bertz CT molecular complexity index is 1030. The Labute approximate surface area is 194 Å². The van der Waals surface area contributed by atoms with E-state index in [4.69, 9.17) is 27.9 Å². The lowest BCUT2D eigenvalue weighted by Gasteiger charge is -2.25. The van der Waals surface area contributed by atoms with Crippen LogP contribution in [-0.4, -0.2) is 34.6 Å². The zero-order valence-corrected chi connectivity index (χ0v) is 19.4. The van der Waals surface area contributed by atoms with Crippen molar-refractivity contribution in [3.8, 4) is 5.75 Å². The highest BCUT2D eigenvalue weighted by molar-refractivity contribution is 8.01. The third-order valence-corrected chi connectivity index (χ3v) is 6.34. The van der Waals surface area contributed by atoms with E-state index in [1.54, 1.807) is 44.2 Å². The number of thioether (sulfide) groups is 1. The van der Waals surface area contributed by atoms with Crippen LogP contribution in [0, 0.1) is 0 Å². The molecule has 1 heterocycles. The van der Waals surface area contributed by atoms with Gasteiger partial charge in [0.2, 0.25) is 5.91 Å². The molecule has 7 nitrogen and oxygen atoms in total. The second kappa shape index (κ2) is 9.80. The zero-order valence-electron chi connectivity index (χ0n) is 17.1. The van der Waals surface area contributed by atoms with Crippen molar-refractivity contribution >= 4 is 58.4 Å². The summed E-state index contributed by atoms with van der Waals surface area (Å²) in [6.45, 7) is 5.26. The molecule has 3 rings (SSSR count). The van der Waals surface area contributed by atoms with E-state index in [-0.39, 0.29) is 22.6 Å².